The van der Waals surface area contributed by atoms with Crippen molar-refractivity contribution in [3.63, 3.8) is 0 Å². The number of rotatable bonds is 3. The minimum atomic E-state index is -1.79. The molecule has 1 aromatic heterocycles. The second-order valence-electron chi connectivity index (χ2n) is 4.88. The van der Waals surface area contributed by atoms with E-state index in [0.29, 0.717) is 13.1 Å². The van der Waals surface area contributed by atoms with Gasteiger partial charge in [0, 0.05) is 25.1 Å². The van der Waals surface area contributed by atoms with Crippen LogP contribution in [-0.4, -0.2) is 43.4 Å². The molecular weight excluding hydrogens is 262 g/mol. The maximum Gasteiger partial charge on any atom is 0.491 e. The van der Waals surface area contributed by atoms with E-state index < -0.39 is 12.9 Å². The first-order valence-electron chi connectivity index (χ1n) is 6.37. The van der Waals surface area contributed by atoms with Crippen LogP contribution in [-0.2, 0) is 19.6 Å². The highest BCUT2D eigenvalue weighted by molar-refractivity contribution is 6.58. The van der Waals surface area contributed by atoms with Crippen LogP contribution >= 0.6 is 0 Å². The Bertz CT molecular complexity index is 619. The largest absolute Gasteiger partial charge is 0.491 e. The predicted molar refractivity (Wildman–Crippen MR) is 70.4 cm³/mol. The van der Waals surface area contributed by atoms with Crippen molar-refractivity contribution >= 4 is 12.6 Å². The highest BCUT2D eigenvalue weighted by Gasteiger charge is 2.20. The van der Waals surface area contributed by atoms with Crippen molar-refractivity contribution in [3.05, 3.63) is 41.7 Å². The third-order valence-corrected chi connectivity index (χ3v) is 3.46. The van der Waals surface area contributed by atoms with Crippen molar-refractivity contribution in [3.8, 4) is 0 Å². The van der Waals surface area contributed by atoms with E-state index in [4.69, 9.17) is 10.0 Å². The summed E-state index contributed by atoms with van der Waals surface area (Å²) in [6, 6.07) is 4.40. The van der Waals surface area contributed by atoms with Crippen LogP contribution in [0.1, 0.15) is 11.4 Å². The van der Waals surface area contributed by atoms with E-state index in [1.54, 1.807) is 12.4 Å². The Morgan fingerprint density at radius 3 is 2.95 bits per heavy atom. The van der Waals surface area contributed by atoms with E-state index in [9.17, 15) is 4.39 Å². The molecule has 0 atom stereocenters. The van der Waals surface area contributed by atoms with Gasteiger partial charge < -0.3 is 14.6 Å². The summed E-state index contributed by atoms with van der Waals surface area (Å²) in [5, 5.41) is 26.1. The lowest BCUT2D eigenvalue weighted by Crippen LogP contribution is -2.35. The molecular formula is C12H14BFN4O2. The fourth-order valence-electron chi connectivity index (χ4n) is 2.40. The fourth-order valence-corrected chi connectivity index (χ4v) is 2.40. The van der Waals surface area contributed by atoms with E-state index in [1.165, 1.54) is 12.1 Å². The molecule has 0 unspecified atom stereocenters. The van der Waals surface area contributed by atoms with E-state index in [1.807, 2.05) is 4.57 Å². The van der Waals surface area contributed by atoms with Gasteiger partial charge in [0.2, 0.25) is 0 Å². The molecule has 2 aromatic rings. The van der Waals surface area contributed by atoms with Crippen LogP contribution in [0.4, 0.5) is 4.39 Å². The first kappa shape index (κ1) is 13.2. The molecule has 104 valence electrons. The zero-order chi connectivity index (χ0) is 14.1. The van der Waals surface area contributed by atoms with Gasteiger partial charge in [-0.15, -0.1) is 10.2 Å². The zero-order valence-electron chi connectivity index (χ0n) is 10.8. The van der Waals surface area contributed by atoms with Gasteiger partial charge in [-0.25, -0.2) is 4.39 Å². The summed E-state index contributed by atoms with van der Waals surface area (Å²) in [7, 11) is -1.79. The monoisotopic (exact) mass is 276 g/mol. The van der Waals surface area contributed by atoms with Gasteiger partial charge in [-0.1, -0.05) is 12.1 Å². The Morgan fingerprint density at radius 2 is 2.15 bits per heavy atom. The molecule has 2 N–H and O–H groups in total. The molecule has 1 aliphatic rings. The van der Waals surface area contributed by atoms with E-state index >= 15 is 0 Å². The fraction of sp³-hybridized carbons (Fsp3) is 0.333. The lowest BCUT2D eigenvalue weighted by atomic mass is 9.79. The van der Waals surface area contributed by atoms with Crippen molar-refractivity contribution in [2.45, 2.75) is 19.6 Å². The number of aromatic nitrogens is 3. The van der Waals surface area contributed by atoms with Gasteiger partial charge >= 0.3 is 7.12 Å². The molecule has 0 aliphatic carbocycles. The Balaban J connectivity index is 1.74. The molecule has 2 heterocycles. The number of hydrogen-bond acceptors (Lipinski definition) is 5. The van der Waals surface area contributed by atoms with Crippen molar-refractivity contribution in [1.82, 2.24) is 19.7 Å². The Labute approximate surface area is 115 Å². The Kier molecular flexibility index (Phi) is 3.52. The third-order valence-electron chi connectivity index (χ3n) is 3.46. The van der Waals surface area contributed by atoms with E-state index in [0.717, 1.165) is 24.5 Å². The summed E-state index contributed by atoms with van der Waals surface area (Å²) in [5.41, 5.74) is 0.741. The maximum absolute atomic E-state index is 13.4. The summed E-state index contributed by atoms with van der Waals surface area (Å²) >= 11 is 0. The lowest BCUT2D eigenvalue weighted by molar-refractivity contribution is 0.209. The summed E-state index contributed by atoms with van der Waals surface area (Å²) in [6.45, 7) is 2.94. The lowest BCUT2D eigenvalue weighted by Gasteiger charge is -2.27. The predicted octanol–water partition coefficient (Wildman–Crippen LogP) is -0.887. The van der Waals surface area contributed by atoms with Gasteiger partial charge in [0.25, 0.3) is 0 Å². The van der Waals surface area contributed by atoms with Gasteiger partial charge in [0.15, 0.2) is 0 Å². The first-order chi connectivity index (χ1) is 9.63. The van der Waals surface area contributed by atoms with Crippen LogP contribution in [0.2, 0.25) is 0 Å². The van der Waals surface area contributed by atoms with Crippen LogP contribution in [0.25, 0.3) is 0 Å². The quantitative estimate of drug-likeness (QED) is 0.712. The molecule has 0 fully saturated rings. The molecule has 8 heteroatoms. The topological polar surface area (TPSA) is 74.4 Å². The average molecular weight is 276 g/mol. The number of fused-ring (bicyclic) bond motifs is 1. The number of nitrogens with zero attached hydrogens (tertiary/aromatic N) is 4. The Hall–Kier alpha value is -1.77. The number of halogens is 1. The average Bonchev–Trinajstić information content (AvgIpc) is 2.88. The molecule has 0 bridgehead atoms. The van der Waals surface area contributed by atoms with Gasteiger partial charge in [0.05, 0.1) is 6.54 Å². The SMILES string of the molecule is OB(O)c1cc(CN2CCn3cnnc3C2)ccc1F. The maximum atomic E-state index is 13.4. The minimum Gasteiger partial charge on any atom is -0.423 e. The normalized spacial score (nSPS) is 15.2. The van der Waals surface area contributed by atoms with Crippen LogP contribution in [0, 0.1) is 5.82 Å². The summed E-state index contributed by atoms with van der Waals surface area (Å²) in [4.78, 5) is 2.16. The van der Waals surface area contributed by atoms with Crippen molar-refractivity contribution in [2.24, 2.45) is 0 Å². The van der Waals surface area contributed by atoms with Crippen molar-refractivity contribution in [1.29, 1.82) is 0 Å². The van der Waals surface area contributed by atoms with Crippen molar-refractivity contribution in [2.75, 3.05) is 6.54 Å². The number of benzene rings is 1. The Morgan fingerprint density at radius 1 is 1.30 bits per heavy atom. The molecule has 0 radical (unpaired) electrons. The highest BCUT2D eigenvalue weighted by atomic mass is 19.1. The minimum absolute atomic E-state index is 0.0947. The molecule has 1 aromatic carbocycles. The van der Waals surface area contributed by atoms with Crippen LogP contribution < -0.4 is 5.46 Å². The number of hydrogen-bond donors (Lipinski definition) is 2. The molecule has 0 spiro atoms. The van der Waals surface area contributed by atoms with Crippen LogP contribution in [0.3, 0.4) is 0 Å². The standard InChI is InChI=1S/C12H14BFN4O2/c14-11-2-1-9(5-10(11)13(19)20)6-17-3-4-18-8-15-16-12(18)7-17/h1-2,5,8,19-20H,3-4,6-7H2. The van der Waals surface area contributed by atoms with Gasteiger partial charge in [-0.2, -0.15) is 0 Å². The third kappa shape index (κ3) is 2.58. The zero-order valence-corrected chi connectivity index (χ0v) is 10.8. The molecule has 20 heavy (non-hydrogen) atoms. The molecule has 0 amide bonds. The van der Waals surface area contributed by atoms with E-state index in [2.05, 4.69) is 15.1 Å². The molecule has 1 aliphatic heterocycles. The van der Waals surface area contributed by atoms with Crippen LogP contribution in [0.15, 0.2) is 24.5 Å². The van der Waals surface area contributed by atoms with Gasteiger partial charge in [0.1, 0.15) is 18.0 Å². The molecule has 0 saturated carbocycles. The smallest absolute Gasteiger partial charge is 0.423 e. The van der Waals surface area contributed by atoms with Crippen molar-refractivity contribution < 1.29 is 14.4 Å². The van der Waals surface area contributed by atoms with Gasteiger partial charge in [-0.05, 0) is 11.6 Å². The molecule has 0 saturated heterocycles. The second kappa shape index (κ2) is 5.32. The molecule has 6 nitrogen and oxygen atoms in total. The second-order valence-corrected chi connectivity index (χ2v) is 4.88. The highest BCUT2D eigenvalue weighted by Crippen LogP contribution is 2.13. The van der Waals surface area contributed by atoms with Crippen LogP contribution in [0.5, 0.6) is 0 Å². The van der Waals surface area contributed by atoms with E-state index in [-0.39, 0.29) is 5.46 Å². The van der Waals surface area contributed by atoms with Gasteiger partial charge in [-0.3, -0.25) is 4.90 Å². The summed E-state index contributed by atoms with van der Waals surface area (Å²) in [5.74, 6) is 0.294. The summed E-state index contributed by atoms with van der Waals surface area (Å²) < 4.78 is 15.4. The molecule has 3 rings (SSSR count). The summed E-state index contributed by atoms with van der Waals surface area (Å²) in [6.07, 6.45) is 1.71. The first-order valence-corrected chi connectivity index (χ1v) is 6.37.